The van der Waals surface area contributed by atoms with Crippen LogP contribution in [0.25, 0.3) is 0 Å². The van der Waals surface area contributed by atoms with E-state index in [0.717, 1.165) is 12.8 Å². The van der Waals surface area contributed by atoms with Crippen LogP contribution in [-0.4, -0.2) is 36.3 Å². The molecule has 1 saturated heterocycles. The highest BCUT2D eigenvalue weighted by Crippen LogP contribution is 2.53. The summed E-state index contributed by atoms with van der Waals surface area (Å²) in [5.41, 5.74) is 0.811. The minimum atomic E-state index is -0.838. The Balaban J connectivity index is 1.59. The van der Waals surface area contributed by atoms with Crippen molar-refractivity contribution >= 4 is 6.09 Å². The zero-order valence-electron chi connectivity index (χ0n) is 11.4. The fourth-order valence-electron chi connectivity index (χ4n) is 3.68. The number of carboxylic acid groups (broad SMARTS) is 1. The van der Waals surface area contributed by atoms with Crippen molar-refractivity contribution in [1.29, 1.82) is 0 Å². The summed E-state index contributed by atoms with van der Waals surface area (Å²) in [6.07, 6.45) is 1.79. The molecule has 0 radical (unpaired) electrons. The van der Waals surface area contributed by atoms with Gasteiger partial charge < -0.3 is 14.7 Å². The third kappa shape index (κ3) is 2.11. The van der Waals surface area contributed by atoms with E-state index in [1.807, 2.05) is 0 Å². The van der Waals surface area contributed by atoms with Crippen molar-refractivity contribution in [2.75, 3.05) is 20.2 Å². The quantitative estimate of drug-likeness (QED) is 0.925. The zero-order chi connectivity index (χ0) is 14.3. The molecule has 20 heavy (non-hydrogen) atoms. The van der Waals surface area contributed by atoms with Crippen LogP contribution >= 0.6 is 0 Å². The van der Waals surface area contributed by atoms with E-state index >= 15 is 0 Å². The molecule has 1 aromatic carbocycles. The molecule has 1 saturated carbocycles. The highest BCUT2D eigenvalue weighted by molar-refractivity contribution is 5.66. The molecule has 0 unspecified atom stereocenters. The highest BCUT2D eigenvalue weighted by Gasteiger charge is 2.53. The SMILES string of the molecule is COc1cccc(F)c1CC1CC2(C1)CN(C(=O)O)C2. The first-order valence-electron chi connectivity index (χ1n) is 6.82. The Hall–Kier alpha value is -1.78. The van der Waals surface area contributed by atoms with Crippen molar-refractivity contribution in [3.8, 4) is 5.75 Å². The topological polar surface area (TPSA) is 49.8 Å². The van der Waals surface area contributed by atoms with E-state index in [4.69, 9.17) is 9.84 Å². The van der Waals surface area contributed by atoms with Gasteiger partial charge in [-0.3, -0.25) is 0 Å². The first kappa shape index (κ1) is 13.2. The number of likely N-dealkylation sites (tertiary alicyclic amines) is 1. The maximum absolute atomic E-state index is 13.8. The minimum Gasteiger partial charge on any atom is -0.496 e. The Bertz CT molecular complexity index is 532. The predicted molar refractivity (Wildman–Crippen MR) is 71.4 cm³/mol. The van der Waals surface area contributed by atoms with Crippen LogP contribution in [-0.2, 0) is 6.42 Å². The molecule has 1 heterocycles. The van der Waals surface area contributed by atoms with Gasteiger partial charge in [0.05, 0.1) is 7.11 Å². The average molecular weight is 279 g/mol. The first-order valence-corrected chi connectivity index (χ1v) is 6.82. The van der Waals surface area contributed by atoms with Crippen molar-refractivity contribution in [1.82, 2.24) is 4.90 Å². The summed E-state index contributed by atoms with van der Waals surface area (Å²) in [6.45, 7) is 1.26. The van der Waals surface area contributed by atoms with Gasteiger partial charge in [-0.2, -0.15) is 0 Å². The van der Waals surface area contributed by atoms with Gasteiger partial charge >= 0.3 is 6.09 Å². The molecular formula is C15H18FNO3. The Morgan fingerprint density at radius 1 is 1.50 bits per heavy atom. The zero-order valence-corrected chi connectivity index (χ0v) is 11.4. The monoisotopic (exact) mass is 279 g/mol. The van der Waals surface area contributed by atoms with E-state index in [1.165, 1.54) is 11.0 Å². The van der Waals surface area contributed by atoms with Gasteiger partial charge in [0.2, 0.25) is 0 Å². The average Bonchev–Trinajstić information content (AvgIpc) is 2.31. The molecular weight excluding hydrogens is 261 g/mol. The summed E-state index contributed by atoms with van der Waals surface area (Å²) < 4.78 is 19.1. The van der Waals surface area contributed by atoms with E-state index in [0.29, 0.717) is 36.7 Å². The molecule has 0 bridgehead atoms. The summed E-state index contributed by atoms with van der Waals surface area (Å²) in [5, 5.41) is 8.85. The number of amides is 1. The molecule has 1 aromatic rings. The van der Waals surface area contributed by atoms with Gasteiger partial charge in [-0.05, 0) is 37.3 Å². The standard InChI is InChI=1S/C15H18FNO3/c1-20-13-4-2-3-12(16)11(13)5-10-6-15(7-10)8-17(9-15)14(18)19/h2-4,10H,5-9H2,1H3,(H,18,19). The van der Waals surface area contributed by atoms with Crippen LogP contribution in [0.1, 0.15) is 18.4 Å². The second-order valence-electron chi connectivity index (χ2n) is 6.04. The van der Waals surface area contributed by atoms with Crippen LogP contribution in [0.4, 0.5) is 9.18 Å². The number of halogens is 1. The predicted octanol–water partition coefficient (Wildman–Crippen LogP) is 2.77. The first-order chi connectivity index (χ1) is 9.53. The number of ether oxygens (including phenoxy) is 1. The van der Waals surface area contributed by atoms with Crippen molar-refractivity contribution in [2.24, 2.45) is 11.3 Å². The van der Waals surface area contributed by atoms with Gasteiger partial charge in [0, 0.05) is 24.1 Å². The van der Waals surface area contributed by atoms with Crippen LogP contribution in [0, 0.1) is 17.2 Å². The van der Waals surface area contributed by atoms with Gasteiger partial charge in [-0.25, -0.2) is 9.18 Å². The lowest BCUT2D eigenvalue weighted by Gasteiger charge is -2.58. The van der Waals surface area contributed by atoms with Gasteiger partial charge in [0.25, 0.3) is 0 Å². The minimum absolute atomic E-state index is 0.168. The van der Waals surface area contributed by atoms with E-state index < -0.39 is 6.09 Å². The van der Waals surface area contributed by atoms with Crippen molar-refractivity contribution < 1.29 is 19.0 Å². The molecule has 5 heteroatoms. The van der Waals surface area contributed by atoms with Crippen molar-refractivity contribution in [3.05, 3.63) is 29.6 Å². The van der Waals surface area contributed by atoms with Crippen LogP contribution in [0.2, 0.25) is 0 Å². The smallest absolute Gasteiger partial charge is 0.407 e. The number of hydrogen-bond donors (Lipinski definition) is 1. The summed E-state index contributed by atoms with van der Waals surface area (Å²) >= 11 is 0. The number of methoxy groups -OCH3 is 1. The van der Waals surface area contributed by atoms with Crippen LogP contribution in [0.15, 0.2) is 18.2 Å². The van der Waals surface area contributed by atoms with Gasteiger partial charge in [0.1, 0.15) is 11.6 Å². The fraction of sp³-hybridized carbons (Fsp3) is 0.533. The van der Waals surface area contributed by atoms with Crippen LogP contribution < -0.4 is 4.74 Å². The second kappa shape index (κ2) is 4.65. The molecule has 1 N–H and O–H groups in total. The molecule has 1 spiro atoms. The summed E-state index contributed by atoms with van der Waals surface area (Å²) in [6, 6.07) is 4.89. The molecule has 108 valence electrons. The normalized spacial score (nSPS) is 20.4. The lowest BCUT2D eigenvalue weighted by Crippen LogP contribution is -2.63. The molecule has 1 amide bonds. The van der Waals surface area contributed by atoms with E-state index in [-0.39, 0.29) is 11.2 Å². The molecule has 1 aliphatic carbocycles. The maximum atomic E-state index is 13.8. The Morgan fingerprint density at radius 3 is 2.80 bits per heavy atom. The molecule has 3 rings (SSSR count). The molecule has 0 atom stereocenters. The second-order valence-corrected chi connectivity index (χ2v) is 6.04. The van der Waals surface area contributed by atoms with Crippen molar-refractivity contribution in [2.45, 2.75) is 19.3 Å². The number of benzene rings is 1. The van der Waals surface area contributed by atoms with E-state index in [1.54, 1.807) is 19.2 Å². The number of rotatable bonds is 3. The number of carbonyl (C=O) groups is 1. The Kier molecular flexibility index (Phi) is 3.07. The molecule has 2 aliphatic rings. The van der Waals surface area contributed by atoms with E-state index in [2.05, 4.69) is 0 Å². The summed E-state index contributed by atoms with van der Waals surface area (Å²) in [7, 11) is 1.55. The lowest BCUT2D eigenvalue weighted by atomic mass is 9.56. The Morgan fingerprint density at radius 2 is 2.20 bits per heavy atom. The van der Waals surface area contributed by atoms with Gasteiger partial charge in [-0.15, -0.1) is 0 Å². The van der Waals surface area contributed by atoms with Crippen LogP contribution in [0.3, 0.4) is 0 Å². The molecule has 0 aromatic heterocycles. The van der Waals surface area contributed by atoms with E-state index in [9.17, 15) is 9.18 Å². The number of nitrogens with zero attached hydrogens (tertiary/aromatic N) is 1. The van der Waals surface area contributed by atoms with Gasteiger partial charge in [0.15, 0.2) is 0 Å². The van der Waals surface area contributed by atoms with Gasteiger partial charge in [-0.1, -0.05) is 6.07 Å². The summed E-state index contributed by atoms with van der Waals surface area (Å²) in [4.78, 5) is 12.2. The maximum Gasteiger partial charge on any atom is 0.407 e. The third-order valence-electron chi connectivity index (χ3n) is 4.56. The molecule has 1 aliphatic heterocycles. The van der Waals surface area contributed by atoms with Crippen molar-refractivity contribution in [3.63, 3.8) is 0 Å². The molecule has 2 fully saturated rings. The highest BCUT2D eigenvalue weighted by atomic mass is 19.1. The summed E-state index contributed by atoms with van der Waals surface area (Å²) in [5.74, 6) is 0.814. The molecule has 4 nitrogen and oxygen atoms in total. The van der Waals surface area contributed by atoms with Crippen LogP contribution in [0.5, 0.6) is 5.75 Å². The Labute approximate surface area is 117 Å². The number of hydrogen-bond acceptors (Lipinski definition) is 2. The lowest BCUT2D eigenvalue weighted by molar-refractivity contribution is -0.0796. The fourth-order valence-corrected chi connectivity index (χ4v) is 3.68. The largest absolute Gasteiger partial charge is 0.496 e. The third-order valence-corrected chi connectivity index (χ3v) is 4.56.